The van der Waals surface area contributed by atoms with Gasteiger partial charge in [-0.2, -0.15) is 4.98 Å². The highest BCUT2D eigenvalue weighted by atomic mass is 35.5. The van der Waals surface area contributed by atoms with Gasteiger partial charge in [0.05, 0.1) is 16.9 Å². The predicted octanol–water partition coefficient (Wildman–Crippen LogP) is 4.73. The lowest BCUT2D eigenvalue weighted by molar-refractivity contribution is -0.274. The average Bonchev–Trinajstić information content (AvgIpc) is 3.08. The van der Waals surface area contributed by atoms with Crippen molar-refractivity contribution in [2.75, 3.05) is 31.1 Å². The summed E-state index contributed by atoms with van der Waals surface area (Å²) in [4.78, 5) is 29.4. The van der Waals surface area contributed by atoms with Gasteiger partial charge in [0.2, 0.25) is 5.95 Å². The van der Waals surface area contributed by atoms with E-state index in [1.54, 1.807) is 22.6 Å². The number of aromatic nitrogens is 4. The van der Waals surface area contributed by atoms with Crippen LogP contribution in [0.2, 0.25) is 5.02 Å². The molecule has 1 aliphatic heterocycles. The molecule has 3 heterocycles. The number of imidazole rings is 1. The molecule has 2 aromatic heterocycles. The summed E-state index contributed by atoms with van der Waals surface area (Å²) in [6, 6.07) is 3.95. The number of nitrogens with zero attached hydrogens (tertiary/aromatic N) is 6. The molecule has 3 aromatic rings. The predicted molar refractivity (Wildman–Crippen MR) is 123 cm³/mol. The van der Waals surface area contributed by atoms with Crippen molar-refractivity contribution in [1.29, 1.82) is 0 Å². The third-order valence-electron chi connectivity index (χ3n) is 5.17. The summed E-state index contributed by atoms with van der Waals surface area (Å²) < 4.78 is 48.8. The number of anilines is 1. The van der Waals surface area contributed by atoms with E-state index < -0.39 is 17.7 Å². The zero-order valence-corrected chi connectivity index (χ0v) is 20.3. The van der Waals surface area contributed by atoms with Gasteiger partial charge < -0.3 is 19.3 Å². The number of halogens is 4. The standard InChI is InChI=1S/C22H24ClF3N6O3/c1-13-28-16-12-27-19(30-7-9-31(10-8-30)20(33)35-21(2,3)4)29-18(16)32(13)14-5-6-17(15(23)11-14)34-22(24,25)26/h5-6,11-12H,7-10H2,1-4H3. The Balaban J connectivity index is 1.57. The number of hydrogen-bond donors (Lipinski definition) is 0. The Bertz CT molecular complexity index is 1250. The van der Waals surface area contributed by atoms with Crippen LogP contribution in [0.5, 0.6) is 5.75 Å². The first-order chi connectivity index (χ1) is 16.3. The van der Waals surface area contributed by atoms with E-state index in [1.165, 1.54) is 12.1 Å². The van der Waals surface area contributed by atoms with E-state index >= 15 is 0 Å². The number of alkyl halides is 3. The van der Waals surface area contributed by atoms with Crippen molar-refractivity contribution in [2.24, 2.45) is 0 Å². The van der Waals surface area contributed by atoms with Gasteiger partial charge in [-0.3, -0.25) is 4.57 Å². The van der Waals surface area contributed by atoms with Crippen molar-refractivity contribution >= 4 is 34.8 Å². The molecule has 0 bridgehead atoms. The minimum absolute atomic E-state index is 0.200. The fourth-order valence-electron chi connectivity index (χ4n) is 3.69. The molecule has 188 valence electrons. The Labute approximate surface area is 204 Å². The van der Waals surface area contributed by atoms with Crippen LogP contribution < -0.4 is 9.64 Å². The third-order valence-corrected chi connectivity index (χ3v) is 5.46. The van der Waals surface area contributed by atoms with Gasteiger partial charge in [-0.1, -0.05) is 11.6 Å². The van der Waals surface area contributed by atoms with Gasteiger partial charge >= 0.3 is 12.5 Å². The van der Waals surface area contributed by atoms with E-state index in [4.69, 9.17) is 16.3 Å². The number of aryl methyl sites for hydroxylation is 1. The number of fused-ring (bicyclic) bond motifs is 1. The molecule has 1 aromatic carbocycles. The smallest absolute Gasteiger partial charge is 0.444 e. The van der Waals surface area contributed by atoms with Crippen LogP contribution in [-0.2, 0) is 4.74 Å². The van der Waals surface area contributed by atoms with Gasteiger partial charge in [-0.25, -0.2) is 14.8 Å². The van der Waals surface area contributed by atoms with Crippen molar-refractivity contribution < 1.29 is 27.4 Å². The van der Waals surface area contributed by atoms with Crippen molar-refractivity contribution in [3.63, 3.8) is 0 Å². The van der Waals surface area contributed by atoms with Crippen LogP contribution in [0.15, 0.2) is 24.4 Å². The molecular formula is C22H24ClF3N6O3. The third kappa shape index (κ3) is 5.69. The summed E-state index contributed by atoms with van der Waals surface area (Å²) in [7, 11) is 0. The number of carbonyl (C=O) groups is 1. The fraction of sp³-hybridized carbons (Fsp3) is 0.455. The number of benzene rings is 1. The highest BCUT2D eigenvalue weighted by molar-refractivity contribution is 6.32. The second-order valence-electron chi connectivity index (χ2n) is 8.99. The minimum atomic E-state index is -4.85. The summed E-state index contributed by atoms with van der Waals surface area (Å²) in [5, 5.41) is -0.200. The fourth-order valence-corrected chi connectivity index (χ4v) is 3.91. The molecule has 0 aliphatic carbocycles. The highest BCUT2D eigenvalue weighted by Crippen LogP contribution is 2.33. The topological polar surface area (TPSA) is 85.6 Å². The summed E-state index contributed by atoms with van der Waals surface area (Å²) in [5.41, 5.74) is 0.899. The van der Waals surface area contributed by atoms with Crippen molar-refractivity contribution in [3.05, 3.63) is 35.2 Å². The number of ether oxygens (including phenoxy) is 2. The average molecular weight is 513 g/mol. The first kappa shape index (κ1) is 24.8. The van der Waals surface area contributed by atoms with Crippen LogP contribution in [0, 0.1) is 6.92 Å². The van der Waals surface area contributed by atoms with Crippen LogP contribution >= 0.6 is 11.6 Å². The number of piperazine rings is 1. The lowest BCUT2D eigenvalue weighted by atomic mass is 10.2. The van der Waals surface area contributed by atoms with E-state index in [9.17, 15) is 18.0 Å². The van der Waals surface area contributed by atoms with Crippen LogP contribution in [0.25, 0.3) is 16.9 Å². The summed E-state index contributed by atoms with van der Waals surface area (Å²) in [5.74, 6) is 0.510. The van der Waals surface area contributed by atoms with Gasteiger partial charge in [0.25, 0.3) is 0 Å². The molecule has 35 heavy (non-hydrogen) atoms. The monoisotopic (exact) mass is 512 g/mol. The molecular weight excluding hydrogens is 489 g/mol. The normalized spacial score (nSPS) is 15.0. The van der Waals surface area contributed by atoms with Crippen LogP contribution in [0.4, 0.5) is 23.9 Å². The molecule has 1 amide bonds. The maximum Gasteiger partial charge on any atom is 0.573 e. The molecule has 0 N–H and O–H groups in total. The zero-order chi connectivity index (χ0) is 25.5. The Morgan fingerprint density at radius 1 is 1.09 bits per heavy atom. The second-order valence-corrected chi connectivity index (χ2v) is 9.40. The Morgan fingerprint density at radius 3 is 2.37 bits per heavy atom. The number of carbonyl (C=O) groups excluding carboxylic acids is 1. The molecule has 13 heteroatoms. The summed E-state index contributed by atoms with van der Waals surface area (Å²) in [6.07, 6.45) is -3.63. The number of amides is 1. The summed E-state index contributed by atoms with van der Waals surface area (Å²) >= 11 is 6.05. The second kappa shape index (κ2) is 9.06. The van der Waals surface area contributed by atoms with E-state index in [1.807, 2.05) is 25.7 Å². The first-order valence-electron chi connectivity index (χ1n) is 10.8. The largest absolute Gasteiger partial charge is 0.573 e. The Kier molecular flexibility index (Phi) is 6.43. The van der Waals surface area contributed by atoms with Crippen LogP contribution in [-0.4, -0.2) is 68.7 Å². The van der Waals surface area contributed by atoms with Crippen LogP contribution in [0.3, 0.4) is 0 Å². The molecule has 1 aliphatic rings. The van der Waals surface area contributed by atoms with E-state index in [0.29, 0.717) is 54.8 Å². The molecule has 0 atom stereocenters. The SMILES string of the molecule is Cc1nc2cnc(N3CCN(C(=O)OC(C)(C)C)CC3)nc2n1-c1ccc(OC(F)(F)F)c(Cl)c1. The Morgan fingerprint density at radius 2 is 1.77 bits per heavy atom. The highest BCUT2D eigenvalue weighted by Gasteiger charge is 2.32. The van der Waals surface area contributed by atoms with E-state index in [0.717, 1.165) is 6.07 Å². The van der Waals surface area contributed by atoms with Gasteiger partial charge in [0.1, 0.15) is 22.7 Å². The molecule has 1 fully saturated rings. The molecule has 0 unspecified atom stereocenters. The lowest BCUT2D eigenvalue weighted by Gasteiger charge is -2.35. The molecule has 4 rings (SSSR count). The molecule has 0 saturated carbocycles. The summed E-state index contributed by atoms with van der Waals surface area (Å²) in [6.45, 7) is 9.11. The molecule has 0 radical (unpaired) electrons. The minimum Gasteiger partial charge on any atom is -0.444 e. The van der Waals surface area contributed by atoms with E-state index in [-0.39, 0.29) is 11.1 Å². The zero-order valence-electron chi connectivity index (χ0n) is 19.6. The van der Waals surface area contributed by atoms with Gasteiger partial charge in [-0.05, 0) is 45.9 Å². The van der Waals surface area contributed by atoms with Crippen molar-refractivity contribution in [2.45, 2.75) is 39.7 Å². The lowest BCUT2D eigenvalue weighted by Crippen LogP contribution is -2.50. The molecule has 1 saturated heterocycles. The van der Waals surface area contributed by atoms with Crippen molar-refractivity contribution in [3.8, 4) is 11.4 Å². The van der Waals surface area contributed by atoms with E-state index in [2.05, 4.69) is 19.7 Å². The van der Waals surface area contributed by atoms with Gasteiger partial charge in [-0.15, -0.1) is 13.2 Å². The molecule has 9 nitrogen and oxygen atoms in total. The molecule has 0 spiro atoms. The van der Waals surface area contributed by atoms with Gasteiger partial charge in [0.15, 0.2) is 5.65 Å². The maximum absolute atomic E-state index is 12.6. The quantitative estimate of drug-likeness (QED) is 0.501. The Hall–Kier alpha value is -3.28. The number of rotatable bonds is 3. The maximum atomic E-state index is 12.6. The van der Waals surface area contributed by atoms with Gasteiger partial charge in [0, 0.05) is 26.2 Å². The first-order valence-corrected chi connectivity index (χ1v) is 11.2. The number of hydrogen-bond acceptors (Lipinski definition) is 7. The van der Waals surface area contributed by atoms with Crippen LogP contribution in [0.1, 0.15) is 26.6 Å². The van der Waals surface area contributed by atoms with Crippen molar-refractivity contribution in [1.82, 2.24) is 24.4 Å².